The number of halogens is 1. The van der Waals surface area contributed by atoms with E-state index in [4.69, 9.17) is 0 Å². The Kier molecular flexibility index (Phi) is 6.61. The molecule has 0 saturated heterocycles. The maximum Gasteiger partial charge on any atom is 0.256 e. The Hall–Kier alpha value is -3.21. The van der Waals surface area contributed by atoms with E-state index in [0.29, 0.717) is 19.5 Å². The average Bonchev–Trinajstić information content (AvgIpc) is 3.14. The molecule has 1 aliphatic rings. The number of carbonyl (C=O) groups excluding carboxylic acids is 1. The van der Waals surface area contributed by atoms with Crippen LogP contribution in [0.1, 0.15) is 28.7 Å². The van der Waals surface area contributed by atoms with Crippen LogP contribution in [0.5, 0.6) is 0 Å². The second kappa shape index (κ2) is 9.96. The molecule has 1 aliphatic heterocycles. The number of fused-ring (bicyclic) bond motifs is 1. The lowest BCUT2D eigenvalue weighted by Crippen LogP contribution is -2.49. The number of anilines is 1. The molecule has 4 aromatic rings. The van der Waals surface area contributed by atoms with Gasteiger partial charge in [0.05, 0.1) is 5.69 Å². The number of rotatable bonds is 8. The minimum atomic E-state index is -0.729. The molecule has 0 fully saturated rings. The summed E-state index contributed by atoms with van der Waals surface area (Å²) in [6.45, 7) is 1.27. The first-order valence-corrected chi connectivity index (χ1v) is 12.7. The molecule has 170 valence electrons. The van der Waals surface area contributed by atoms with Crippen LogP contribution in [0.2, 0.25) is 0 Å². The highest BCUT2D eigenvalue weighted by Crippen LogP contribution is 2.49. The van der Waals surface area contributed by atoms with Crippen molar-refractivity contribution >= 4 is 27.5 Å². The Morgan fingerprint density at radius 1 is 0.676 bits per heavy atom. The largest absolute Gasteiger partial charge is 0.272 e. The summed E-state index contributed by atoms with van der Waals surface area (Å²) in [7, 11) is 0. The zero-order valence-corrected chi connectivity index (χ0v) is 20.6. The molecule has 4 aromatic carbocycles. The third kappa shape index (κ3) is 4.08. The monoisotopic (exact) mass is 510 g/mol. The number of hydrogen-bond acceptors (Lipinski definition) is 2. The molecule has 0 radical (unpaired) electrons. The van der Waals surface area contributed by atoms with Crippen LogP contribution in [0.25, 0.3) is 0 Å². The minimum Gasteiger partial charge on any atom is -0.272 e. The van der Waals surface area contributed by atoms with Gasteiger partial charge in [0, 0.05) is 18.4 Å². The van der Waals surface area contributed by atoms with Crippen molar-refractivity contribution in [3.63, 3.8) is 0 Å². The maximum atomic E-state index is 14.6. The normalized spacial score (nSPS) is 17.2. The SMILES string of the molecule is O=C1N(N(Cc2ccccc2)Cc2ccccc2)c2ccccc2C1(CCBr)c1ccccc1. The summed E-state index contributed by atoms with van der Waals surface area (Å²) in [5, 5.41) is 4.85. The number of hydrazine groups is 1. The molecule has 0 N–H and O–H groups in total. The zero-order chi connectivity index (χ0) is 23.4. The Morgan fingerprint density at radius 3 is 1.74 bits per heavy atom. The van der Waals surface area contributed by atoms with E-state index in [9.17, 15) is 4.79 Å². The maximum absolute atomic E-state index is 14.6. The molecule has 5 rings (SSSR count). The van der Waals surface area contributed by atoms with E-state index in [2.05, 4.69) is 93.7 Å². The minimum absolute atomic E-state index is 0.103. The lowest BCUT2D eigenvalue weighted by Gasteiger charge is -2.35. The summed E-state index contributed by atoms with van der Waals surface area (Å²) in [5.74, 6) is 0.103. The van der Waals surface area contributed by atoms with E-state index in [1.54, 1.807) is 0 Å². The van der Waals surface area contributed by atoms with E-state index in [1.165, 1.54) is 11.1 Å². The van der Waals surface area contributed by atoms with Crippen molar-refractivity contribution in [2.75, 3.05) is 10.3 Å². The number of benzene rings is 4. The van der Waals surface area contributed by atoms with Crippen molar-refractivity contribution in [2.24, 2.45) is 0 Å². The molecule has 3 nitrogen and oxygen atoms in total. The highest BCUT2D eigenvalue weighted by atomic mass is 79.9. The summed E-state index contributed by atoms with van der Waals surface area (Å²) < 4.78 is 0. The van der Waals surface area contributed by atoms with Gasteiger partial charge in [0.25, 0.3) is 5.91 Å². The molecule has 0 aliphatic carbocycles. The van der Waals surface area contributed by atoms with Crippen LogP contribution in [-0.4, -0.2) is 16.2 Å². The van der Waals surface area contributed by atoms with Gasteiger partial charge < -0.3 is 0 Å². The molecule has 0 bridgehead atoms. The second-order valence-corrected chi connectivity index (χ2v) is 9.43. The van der Waals surface area contributed by atoms with E-state index in [-0.39, 0.29) is 5.91 Å². The van der Waals surface area contributed by atoms with Crippen LogP contribution in [0.15, 0.2) is 115 Å². The van der Waals surface area contributed by atoms with E-state index >= 15 is 0 Å². The van der Waals surface area contributed by atoms with Crippen molar-refractivity contribution in [2.45, 2.75) is 24.9 Å². The zero-order valence-electron chi connectivity index (χ0n) is 19.0. The molecular formula is C30H27BrN2O. The van der Waals surface area contributed by atoms with E-state index in [0.717, 1.165) is 22.1 Å². The molecule has 0 saturated carbocycles. The van der Waals surface area contributed by atoms with Crippen LogP contribution < -0.4 is 5.01 Å². The molecular weight excluding hydrogens is 484 g/mol. The number of para-hydroxylation sites is 1. The summed E-state index contributed by atoms with van der Waals surface area (Å²) >= 11 is 3.65. The van der Waals surface area contributed by atoms with Gasteiger partial charge >= 0.3 is 0 Å². The highest BCUT2D eigenvalue weighted by molar-refractivity contribution is 9.09. The molecule has 0 spiro atoms. The Labute approximate surface area is 209 Å². The van der Waals surface area contributed by atoms with E-state index in [1.807, 2.05) is 47.5 Å². The van der Waals surface area contributed by atoms with Crippen LogP contribution in [-0.2, 0) is 23.3 Å². The Balaban J connectivity index is 1.64. The fourth-order valence-corrected chi connectivity index (χ4v) is 5.62. The fraction of sp³-hybridized carbons (Fsp3) is 0.167. The van der Waals surface area contributed by atoms with Gasteiger partial charge in [-0.05, 0) is 34.7 Å². The van der Waals surface area contributed by atoms with Gasteiger partial charge in [0.2, 0.25) is 0 Å². The standard InChI is InChI=1S/C30H27BrN2O/c31-21-20-30(26-16-8-3-9-17-26)27-18-10-11-19-28(27)33(29(30)34)32(22-24-12-4-1-5-13-24)23-25-14-6-2-7-15-25/h1-19H,20-23H2. The van der Waals surface area contributed by atoms with Crippen molar-refractivity contribution < 1.29 is 4.79 Å². The molecule has 1 atom stereocenters. The van der Waals surface area contributed by atoms with Crippen molar-refractivity contribution in [1.82, 2.24) is 5.01 Å². The first-order chi connectivity index (χ1) is 16.7. The smallest absolute Gasteiger partial charge is 0.256 e. The molecule has 1 heterocycles. The van der Waals surface area contributed by atoms with Crippen molar-refractivity contribution in [3.8, 4) is 0 Å². The van der Waals surface area contributed by atoms with Gasteiger partial charge in [-0.15, -0.1) is 0 Å². The lowest BCUT2D eigenvalue weighted by atomic mass is 9.73. The topological polar surface area (TPSA) is 23.6 Å². The molecule has 1 amide bonds. The van der Waals surface area contributed by atoms with Crippen LogP contribution in [0.4, 0.5) is 5.69 Å². The van der Waals surface area contributed by atoms with Gasteiger partial charge in [-0.3, -0.25) is 4.79 Å². The van der Waals surface area contributed by atoms with Gasteiger partial charge in [0.15, 0.2) is 0 Å². The number of hydrogen-bond donors (Lipinski definition) is 0. The number of alkyl halides is 1. The molecule has 4 heteroatoms. The third-order valence-corrected chi connectivity index (χ3v) is 6.98. The first-order valence-electron chi connectivity index (χ1n) is 11.6. The number of amides is 1. The highest BCUT2D eigenvalue weighted by Gasteiger charge is 2.53. The van der Waals surface area contributed by atoms with Gasteiger partial charge in [-0.2, -0.15) is 0 Å². The predicted molar refractivity (Wildman–Crippen MR) is 142 cm³/mol. The molecule has 1 unspecified atom stereocenters. The summed E-state index contributed by atoms with van der Waals surface area (Å²) in [6, 6.07) is 39.2. The first kappa shape index (κ1) is 22.6. The molecule has 0 aromatic heterocycles. The lowest BCUT2D eigenvalue weighted by molar-refractivity contribution is -0.125. The van der Waals surface area contributed by atoms with Crippen molar-refractivity contribution in [1.29, 1.82) is 0 Å². The Morgan fingerprint density at radius 2 is 1.18 bits per heavy atom. The quantitative estimate of drug-likeness (QED) is 0.245. The Bertz CT molecular complexity index is 1210. The summed E-state index contributed by atoms with van der Waals surface area (Å²) in [4.78, 5) is 14.6. The van der Waals surface area contributed by atoms with Crippen LogP contribution in [0.3, 0.4) is 0 Å². The summed E-state index contributed by atoms with van der Waals surface area (Å²) in [5.41, 5.74) is 4.67. The predicted octanol–water partition coefficient (Wildman–Crippen LogP) is 6.72. The van der Waals surface area contributed by atoms with Crippen LogP contribution >= 0.6 is 15.9 Å². The average molecular weight is 511 g/mol. The van der Waals surface area contributed by atoms with E-state index < -0.39 is 5.41 Å². The van der Waals surface area contributed by atoms with Gasteiger partial charge in [0.1, 0.15) is 5.41 Å². The van der Waals surface area contributed by atoms with Gasteiger partial charge in [-0.1, -0.05) is 125 Å². The van der Waals surface area contributed by atoms with Crippen molar-refractivity contribution in [3.05, 3.63) is 138 Å². The second-order valence-electron chi connectivity index (χ2n) is 8.64. The third-order valence-electron chi connectivity index (χ3n) is 6.58. The van der Waals surface area contributed by atoms with Crippen LogP contribution in [0, 0.1) is 0 Å². The number of nitrogens with zero attached hydrogens (tertiary/aromatic N) is 2. The summed E-state index contributed by atoms with van der Waals surface area (Å²) in [6.07, 6.45) is 0.688. The fourth-order valence-electron chi connectivity index (χ4n) is 5.02. The molecule has 34 heavy (non-hydrogen) atoms. The number of carbonyl (C=O) groups is 1. The van der Waals surface area contributed by atoms with Gasteiger partial charge in [-0.25, -0.2) is 10.0 Å².